The fraction of sp³-hybridized carbons (Fsp3) is 0.273. The monoisotopic (exact) mass is 490 g/mol. The second-order valence-electron chi connectivity index (χ2n) is 8.23. The standard InChI is InChI=1S/C22H20ClFN4O6/c1-26-17(6-12-10-25-15-7-13(24)8-16(19(12)15)28(33)34)20(30)27(2)22(32,21(26)31)9-11-3-4-14(23)18(29)5-11/h3-5,7-8,10,17,25,29,32H,6,9H2,1-2H3/t17-,22+/m0/s1. The number of phenols is 1. The largest absolute Gasteiger partial charge is 0.506 e. The van der Waals surface area contributed by atoms with Crippen molar-refractivity contribution in [2.75, 3.05) is 14.1 Å². The number of phenolic OH excluding ortho intramolecular Hbond substituents is 1. The summed E-state index contributed by atoms with van der Waals surface area (Å²) in [6, 6.07) is 5.05. The third-order valence-electron chi connectivity index (χ3n) is 6.18. The number of nitro benzene ring substituents is 1. The van der Waals surface area contributed by atoms with E-state index < -0.39 is 40.0 Å². The Morgan fingerprint density at radius 2 is 1.97 bits per heavy atom. The number of amides is 2. The summed E-state index contributed by atoms with van der Waals surface area (Å²) in [4.78, 5) is 42.0. The summed E-state index contributed by atoms with van der Waals surface area (Å²) in [6.07, 6.45) is 1.03. The predicted molar refractivity (Wildman–Crippen MR) is 120 cm³/mol. The highest BCUT2D eigenvalue weighted by atomic mass is 35.5. The summed E-state index contributed by atoms with van der Waals surface area (Å²) in [7, 11) is 2.63. The fourth-order valence-corrected chi connectivity index (χ4v) is 4.42. The van der Waals surface area contributed by atoms with Gasteiger partial charge in [-0.15, -0.1) is 0 Å². The number of benzene rings is 2. The molecule has 1 saturated heterocycles. The molecule has 2 heterocycles. The minimum absolute atomic E-state index is 0.0972. The maximum Gasteiger partial charge on any atom is 0.281 e. The van der Waals surface area contributed by atoms with Crippen LogP contribution >= 0.6 is 11.6 Å². The Labute approximate surface area is 197 Å². The van der Waals surface area contributed by atoms with Gasteiger partial charge in [-0.05, 0) is 29.3 Å². The van der Waals surface area contributed by atoms with Gasteiger partial charge >= 0.3 is 0 Å². The maximum atomic E-state index is 13.8. The van der Waals surface area contributed by atoms with E-state index in [9.17, 15) is 34.3 Å². The minimum Gasteiger partial charge on any atom is -0.506 e. The van der Waals surface area contributed by atoms with Gasteiger partial charge in [0.05, 0.1) is 26.9 Å². The molecule has 0 radical (unpaired) electrons. The van der Waals surface area contributed by atoms with E-state index in [1.807, 2.05) is 0 Å². The summed E-state index contributed by atoms with van der Waals surface area (Å²) in [5, 5.41) is 32.7. The summed E-state index contributed by atoms with van der Waals surface area (Å²) in [5.74, 6) is -2.38. The molecule has 10 nitrogen and oxygen atoms in total. The Hall–Kier alpha value is -3.70. The van der Waals surface area contributed by atoms with Crippen molar-refractivity contribution in [2.45, 2.75) is 24.6 Å². The highest BCUT2D eigenvalue weighted by Gasteiger charge is 2.53. The van der Waals surface area contributed by atoms with Crippen molar-refractivity contribution in [3.05, 3.63) is 68.6 Å². The average molecular weight is 491 g/mol. The number of hydrogen-bond acceptors (Lipinski definition) is 6. The van der Waals surface area contributed by atoms with Crippen LogP contribution in [0.2, 0.25) is 5.02 Å². The van der Waals surface area contributed by atoms with Crippen LogP contribution in [-0.2, 0) is 22.4 Å². The molecule has 178 valence electrons. The van der Waals surface area contributed by atoms with E-state index in [1.165, 1.54) is 38.5 Å². The molecule has 34 heavy (non-hydrogen) atoms. The van der Waals surface area contributed by atoms with E-state index in [-0.39, 0.29) is 34.5 Å². The number of nitrogens with one attached hydrogen (secondary N) is 1. The van der Waals surface area contributed by atoms with Gasteiger partial charge in [-0.3, -0.25) is 19.7 Å². The Kier molecular flexibility index (Phi) is 5.70. The molecule has 4 rings (SSSR count). The molecule has 0 unspecified atom stereocenters. The number of H-pyrrole nitrogens is 1. The van der Waals surface area contributed by atoms with Gasteiger partial charge in [-0.25, -0.2) is 4.39 Å². The molecule has 2 aromatic carbocycles. The van der Waals surface area contributed by atoms with Crippen LogP contribution in [0.5, 0.6) is 5.75 Å². The number of hydrogen-bond donors (Lipinski definition) is 3. The zero-order valence-corrected chi connectivity index (χ0v) is 18.8. The molecule has 3 aromatic rings. The number of likely N-dealkylation sites (N-methyl/N-ethyl adjacent to an activating group) is 2. The number of fused-ring (bicyclic) bond motifs is 1. The van der Waals surface area contributed by atoms with Crippen LogP contribution in [0.15, 0.2) is 36.5 Å². The topological polar surface area (TPSA) is 140 Å². The van der Waals surface area contributed by atoms with Gasteiger partial charge in [0.2, 0.25) is 11.6 Å². The Balaban J connectivity index is 1.67. The van der Waals surface area contributed by atoms with E-state index in [0.29, 0.717) is 11.1 Å². The van der Waals surface area contributed by atoms with Gasteiger partial charge < -0.3 is 25.0 Å². The summed E-state index contributed by atoms with van der Waals surface area (Å²) in [5.41, 5.74) is -1.78. The van der Waals surface area contributed by atoms with Gasteiger partial charge in [0, 0.05) is 33.1 Å². The Morgan fingerprint density at radius 1 is 1.26 bits per heavy atom. The number of halogens is 2. The van der Waals surface area contributed by atoms with E-state index in [0.717, 1.165) is 21.9 Å². The first-order valence-electron chi connectivity index (χ1n) is 10.1. The van der Waals surface area contributed by atoms with Gasteiger partial charge in [0.25, 0.3) is 11.6 Å². The lowest BCUT2D eigenvalue weighted by molar-refractivity contribution is -0.383. The van der Waals surface area contributed by atoms with Gasteiger partial charge in [0.1, 0.15) is 17.6 Å². The molecule has 2 amide bonds. The smallest absolute Gasteiger partial charge is 0.281 e. The number of piperazine rings is 1. The number of non-ortho nitro benzene ring substituents is 1. The van der Waals surface area contributed by atoms with Crippen molar-refractivity contribution in [3.63, 3.8) is 0 Å². The van der Waals surface area contributed by atoms with Crippen molar-refractivity contribution < 1.29 is 29.1 Å². The number of aliphatic hydroxyl groups is 1. The molecular weight excluding hydrogens is 471 g/mol. The molecule has 0 bridgehead atoms. The van der Waals surface area contributed by atoms with E-state index in [2.05, 4.69) is 4.98 Å². The summed E-state index contributed by atoms with van der Waals surface area (Å²) >= 11 is 5.81. The van der Waals surface area contributed by atoms with Gasteiger partial charge in [0.15, 0.2) is 0 Å². The number of aromatic hydroxyl groups is 1. The van der Waals surface area contributed by atoms with Crippen molar-refractivity contribution in [3.8, 4) is 5.75 Å². The quantitative estimate of drug-likeness (QED) is 0.370. The molecule has 0 spiro atoms. The number of aromatic amines is 1. The highest BCUT2D eigenvalue weighted by molar-refractivity contribution is 6.32. The van der Waals surface area contributed by atoms with Crippen molar-refractivity contribution in [1.29, 1.82) is 0 Å². The normalized spacial score (nSPS) is 20.9. The van der Waals surface area contributed by atoms with E-state index in [4.69, 9.17) is 11.6 Å². The number of carbonyl (C=O) groups excluding carboxylic acids is 2. The second-order valence-corrected chi connectivity index (χ2v) is 8.64. The first-order chi connectivity index (χ1) is 15.9. The highest BCUT2D eigenvalue weighted by Crippen LogP contribution is 2.34. The number of nitrogens with zero attached hydrogens (tertiary/aromatic N) is 3. The number of aromatic nitrogens is 1. The average Bonchev–Trinajstić information content (AvgIpc) is 3.18. The van der Waals surface area contributed by atoms with Crippen LogP contribution in [-0.4, -0.2) is 67.6 Å². The summed E-state index contributed by atoms with van der Waals surface area (Å²) in [6.45, 7) is 0. The van der Waals surface area contributed by atoms with E-state index in [1.54, 1.807) is 0 Å². The molecule has 0 saturated carbocycles. The molecule has 12 heteroatoms. The zero-order chi connectivity index (χ0) is 24.9. The number of rotatable bonds is 5. The maximum absolute atomic E-state index is 13.8. The van der Waals surface area contributed by atoms with Crippen LogP contribution in [0.3, 0.4) is 0 Å². The lowest BCUT2D eigenvalue weighted by Gasteiger charge is -2.47. The van der Waals surface area contributed by atoms with Crippen molar-refractivity contribution in [1.82, 2.24) is 14.8 Å². The predicted octanol–water partition coefficient (Wildman–Crippen LogP) is 2.35. The van der Waals surface area contributed by atoms with E-state index >= 15 is 0 Å². The number of carbonyl (C=O) groups is 2. The third-order valence-corrected chi connectivity index (χ3v) is 6.50. The number of nitro groups is 1. The molecule has 1 aliphatic rings. The Bertz CT molecular complexity index is 1340. The van der Waals surface area contributed by atoms with Gasteiger partial charge in [-0.2, -0.15) is 0 Å². The lowest BCUT2D eigenvalue weighted by atomic mass is 9.92. The van der Waals surface area contributed by atoms with Crippen molar-refractivity contribution in [2.24, 2.45) is 0 Å². The molecule has 2 atom stereocenters. The third kappa shape index (κ3) is 3.72. The fourth-order valence-electron chi connectivity index (χ4n) is 4.30. The van der Waals surface area contributed by atoms with Crippen molar-refractivity contribution >= 4 is 40.0 Å². The minimum atomic E-state index is -2.22. The molecule has 1 fully saturated rings. The molecular formula is C22H20ClFN4O6. The molecule has 3 N–H and O–H groups in total. The first-order valence-corrected chi connectivity index (χ1v) is 10.5. The van der Waals surface area contributed by atoms with Crippen LogP contribution < -0.4 is 0 Å². The lowest BCUT2D eigenvalue weighted by Crippen LogP contribution is -2.70. The molecule has 1 aliphatic heterocycles. The first kappa shape index (κ1) is 23.5. The van der Waals surface area contributed by atoms with Crippen LogP contribution in [0.1, 0.15) is 11.1 Å². The SMILES string of the molecule is CN1C(=O)[C@](O)(Cc2ccc(Cl)c(O)c2)N(C)C(=O)[C@@H]1Cc1c[nH]c2cc(F)cc([N+](=O)[O-])c12. The summed E-state index contributed by atoms with van der Waals surface area (Å²) < 4.78 is 13.8. The van der Waals surface area contributed by atoms with Crippen LogP contribution in [0, 0.1) is 15.9 Å². The zero-order valence-electron chi connectivity index (χ0n) is 18.1. The molecule has 0 aliphatic carbocycles. The van der Waals surface area contributed by atoms with Crippen LogP contribution in [0.25, 0.3) is 10.9 Å². The van der Waals surface area contributed by atoms with Crippen LogP contribution in [0.4, 0.5) is 10.1 Å². The Morgan fingerprint density at radius 3 is 2.62 bits per heavy atom. The van der Waals surface area contributed by atoms with Gasteiger partial charge in [-0.1, -0.05) is 17.7 Å². The molecule has 1 aromatic heterocycles. The second kappa shape index (κ2) is 8.26.